The molecule has 2 aromatic rings. The number of hydrogen-bond donors (Lipinski definition) is 1. The number of esters is 1. The fraction of sp³-hybridized carbons (Fsp3) is 0.333. The Bertz CT molecular complexity index is 756. The molecule has 2 aromatic carbocycles. The van der Waals surface area contributed by atoms with Gasteiger partial charge in [-0.05, 0) is 49.1 Å². The average molecular weight is 355 g/mol. The Kier molecular flexibility index (Phi) is 6.78. The van der Waals surface area contributed by atoms with Crippen molar-refractivity contribution in [3.05, 3.63) is 59.7 Å². The summed E-state index contributed by atoms with van der Waals surface area (Å²) >= 11 is 0. The maximum atomic E-state index is 12.1. The zero-order valence-corrected chi connectivity index (χ0v) is 15.6. The summed E-state index contributed by atoms with van der Waals surface area (Å²) in [5.74, 6) is -0.0320. The minimum atomic E-state index is -0.909. The van der Waals surface area contributed by atoms with E-state index in [2.05, 4.69) is 19.2 Å². The highest BCUT2D eigenvalue weighted by Gasteiger charge is 2.19. The quantitative estimate of drug-likeness (QED) is 0.761. The first-order valence-corrected chi connectivity index (χ1v) is 8.65. The van der Waals surface area contributed by atoms with Crippen LogP contribution in [0.25, 0.3) is 0 Å². The molecule has 26 heavy (non-hydrogen) atoms. The molecule has 1 atom stereocenters. The van der Waals surface area contributed by atoms with E-state index in [1.807, 2.05) is 43.3 Å². The van der Waals surface area contributed by atoms with E-state index >= 15 is 0 Å². The van der Waals surface area contributed by atoms with Crippen LogP contribution in [0.1, 0.15) is 37.8 Å². The van der Waals surface area contributed by atoms with Crippen LogP contribution in [0.3, 0.4) is 0 Å². The van der Waals surface area contributed by atoms with Gasteiger partial charge in [0.1, 0.15) is 5.75 Å². The third kappa shape index (κ3) is 5.62. The smallest absolute Gasteiger partial charge is 0.344 e. The fourth-order valence-corrected chi connectivity index (χ4v) is 2.43. The van der Waals surface area contributed by atoms with E-state index < -0.39 is 12.1 Å². The monoisotopic (exact) mass is 355 g/mol. The zero-order chi connectivity index (χ0) is 19.1. The predicted molar refractivity (Wildman–Crippen MR) is 101 cm³/mol. The number of carbonyl (C=O) groups is 2. The summed E-state index contributed by atoms with van der Waals surface area (Å²) in [6.07, 6.45) is -0.909. The minimum Gasteiger partial charge on any atom is -0.482 e. The maximum absolute atomic E-state index is 12.1. The second kappa shape index (κ2) is 9.04. The van der Waals surface area contributed by atoms with Gasteiger partial charge in [0.25, 0.3) is 5.91 Å². The Hall–Kier alpha value is -2.82. The van der Waals surface area contributed by atoms with Gasteiger partial charge in [-0.1, -0.05) is 44.2 Å². The van der Waals surface area contributed by atoms with Crippen molar-refractivity contribution in [3.8, 4) is 5.75 Å². The first-order valence-electron chi connectivity index (χ1n) is 8.65. The predicted octanol–water partition coefficient (Wildman–Crippen LogP) is 4.07. The van der Waals surface area contributed by atoms with Crippen LogP contribution in [0.4, 0.5) is 5.69 Å². The molecule has 5 nitrogen and oxygen atoms in total. The van der Waals surface area contributed by atoms with E-state index in [0.717, 1.165) is 11.1 Å². The van der Waals surface area contributed by atoms with Gasteiger partial charge in [-0.3, -0.25) is 4.79 Å². The maximum Gasteiger partial charge on any atom is 0.344 e. The highest BCUT2D eigenvalue weighted by atomic mass is 16.6. The molecule has 0 aliphatic heterocycles. The van der Waals surface area contributed by atoms with Crippen molar-refractivity contribution >= 4 is 17.6 Å². The van der Waals surface area contributed by atoms with Crippen LogP contribution in [0, 0.1) is 6.92 Å². The SMILES string of the molecule is Cc1ccc(C(C)C)c(OCC(=O)OC(C)C(=O)Nc2ccccc2)c1. The molecule has 0 aliphatic carbocycles. The minimum absolute atomic E-state index is 0.244. The average Bonchev–Trinajstić information content (AvgIpc) is 2.60. The number of anilines is 1. The molecule has 0 fully saturated rings. The van der Waals surface area contributed by atoms with Crippen LogP contribution in [-0.2, 0) is 14.3 Å². The molecule has 0 radical (unpaired) electrons. The van der Waals surface area contributed by atoms with Gasteiger partial charge in [0.2, 0.25) is 0 Å². The summed E-state index contributed by atoms with van der Waals surface area (Å²) in [5, 5.41) is 2.70. The number of nitrogens with one attached hydrogen (secondary N) is 1. The third-order valence-corrected chi connectivity index (χ3v) is 3.86. The lowest BCUT2D eigenvalue weighted by molar-refractivity contribution is -0.155. The molecule has 2 rings (SSSR count). The highest BCUT2D eigenvalue weighted by molar-refractivity contribution is 5.95. The molecule has 0 aliphatic rings. The number of amides is 1. The first-order chi connectivity index (χ1) is 12.4. The summed E-state index contributed by atoms with van der Waals surface area (Å²) < 4.78 is 10.8. The molecule has 1 N–H and O–H groups in total. The lowest BCUT2D eigenvalue weighted by atomic mass is 10.0. The first kappa shape index (κ1) is 19.5. The largest absolute Gasteiger partial charge is 0.482 e. The van der Waals surface area contributed by atoms with Gasteiger partial charge in [0, 0.05) is 5.69 Å². The molecular weight excluding hydrogens is 330 g/mol. The van der Waals surface area contributed by atoms with Crippen molar-refractivity contribution in [1.29, 1.82) is 0 Å². The van der Waals surface area contributed by atoms with Crippen molar-refractivity contribution in [2.45, 2.75) is 39.7 Å². The number of hydrogen-bond acceptors (Lipinski definition) is 4. The molecule has 5 heteroatoms. The summed E-state index contributed by atoms with van der Waals surface area (Å²) in [6, 6.07) is 14.9. The lowest BCUT2D eigenvalue weighted by Crippen LogP contribution is -2.31. The Morgan fingerprint density at radius 1 is 1.04 bits per heavy atom. The van der Waals surface area contributed by atoms with Gasteiger partial charge < -0.3 is 14.8 Å². The number of ether oxygens (including phenoxy) is 2. The van der Waals surface area contributed by atoms with Gasteiger partial charge in [-0.25, -0.2) is 4.79 Å². The van der Waals surface area contributed by atoms with Crippen molar-refractivity contribution in [2.24, 2.45) is 0 Å². The van der Waals surface area contributed by atoms with E-state index in [1.54, 1.807) is 12.1 Å². The molecule has 0 saturated heterocycles. The van der Waals surface area contributed by atoms with Crippen LogP contribution >= 0.6 is 0 Å². The van der Waals surface area contributed by atoms with E-state index in [9.17, 15) is 9.59 Å². The Morgan fingerprint density at radius 3 is 2.38 bits per heavy atom. The van der Waals surface area contributed by atoms with Crippen LogP contribution in [0.5, 0.6) is 5.75 Å². The van der Waals surface area contributed by atoms with E-state index in [-0.39, 0.29) is 18.4 Å². The third-order valence-electron chi connectivity index (χ3n) is 3.86. The molecule has 0 aromatic heterocycles. The Balaban J connectivity index is 1.88. The molecule has 0 heterocycles. The van der Waals surface area contributed by atoms with Crippen LogP contribution < -0.4 is 10.1 Å². The number of rotatable bonds is 7. The molecular formula is C21H25NO4. The summed E-state index contributed by atoms with van der Waals surface area (Å²) in [4.78, 5) is 24.1. The van der Waals surface area contributed by atoms with Crippen molar-refractivity contribution in [1.82, 2.24) is 0 Å². The van der Waals surface area contributed by atoms with Crippen molar-refractivity contribution in [3.63, 3.8) is 0 Å². The normalized spacial score (nSPS) is 11.7. The van der Waals surface area contributed by atoms with Crippen molar-refractivity contribution in [2.75, 3.05) is 11.9 Å². The molecule has 138 valence electrons. The summed E-state index contributed by atoms with van der Waals surface area (Å²) in [6.45, 7) is 7.37. The number of carbonyl (C=O) groups excluding carboxylic acids is 2. The number of benzene rings is 2. The molecule has 1 amide bonds. The fourth-order valence-electron chi connectivity index (χ4n) is 2.43. The topological polar surface area (TPSA) is 64.6 Å². The standard InChI is InChI=1S/C21H25NO4/c1-14(2)18-11-10-15(3)12-19(18)25-13-20(23)26-16(4)21(24)22-17-8-6-5-7-9-17/h5-12,14,16H,13H2,1-4H3,(H,22,24). The lowest BCUT2D eigenvalue weighted by Gasteiger charge is -2.16. The van der Waals surface area contributed by atoms with Gasteiger partial charge in [0.05, 0.1) is 0 Å². The zero-order valence-electron chi connectivity index (χ0n) is 15.6. The van der Waals surface area contributed by atoms with Crippen LogP contribution in [0.2, 0.25) is 0 Å². The van der Waals surface area contributed by atoms with Crippen LogP contribution in [0.15, 0.2) is 48.5 Å². The number of aryl methyl sites for hydroxylation is 1. The van der Waals surface area contributed by atoms with Crippen LogP contribution in [-0.4, -0.2) is 24.6 Å². The Morgan fingerprint density at radius 2 is 1.73 bits per heavy atom. The highest BCUT2D eigenvalue weighted by Crippen LogP contribution is 2.27. The summed E-state index contributed by atoms with van der Waals surface area (Å²) in [5.41, 5.74) is 2.73. The summed E-state index contributed by atoms with van der Waals surface area (Å²) in [7, 11) is 0. The molecule has 1 unspecified atom stereocenters. The number of para-hydroxylation sites is 1. The van der Waals surface area contributed by atoms with Gasteiger partial charge >= 0.3 is 5.97 Å². The van der Waals surface area contributed by atoms with E-state index in [1.165, 1.54) is 6.92 Å². The van der Waals surface area contributed by atoms with Gasteiger partial charge in [-0.15, -0.1) is 0 Å². The van der Waals surface area contributed by atoms with Gasteiger partial charge in [-0.2, -0.15) is 0 Å². The second-order valence-corrected chi connectivity index (χ2v) is 6.47. The molecule has 0 bridgehead atoms. The van der Waals surface area contributed by atoms with E-state index in [4.69, 9.17) is 9.47 Å². The van der Waals surface area contributed by atoms with E-state index in [0.29, 0.717) is 11.4 Å². The second-order valence-electron chi connectivity index (χ2n) is 6.47. The Labute approximate surface area is 154 Å². The van der Waals surface area contributed by atoms with Gasteiger partial charge in [0.15, 0.2) is 12.7 Å². The molecule has 0 spiro atoms. The van der Waals surface area contributed by atoms with Crippen molar-refractivity contribution < 1.29 is 19.1 Å². The molecule has 0 saturated carbocycles.